The fraction of sp³-hybridized carbons (Fsp3) is 0.923. The second-order valence-corrected chi connectivity index (χ2v) is 4.75. The molecule has 0 aliphatic heterocycles. The maximum absolute atomic E-state index is 11.5. The average Bonchev–Trinajstić information content (AvgIpc) is 2.26. The molecule has 1 N–H and O–H groups in total. The molecule has 3 heteroatoms. The molecule has 0 unspecified atom stereocenters. The number of carbonyl (C=O) groups excluding carboxylic acids is 1. The van der Waals surface area contributed by atoms with Crippen molar-refractivity contribution in [3.8, 4) is 0 Å². The van der Waals surface area contributed by atoms with Crippen molar-refractivity contribution >= 4 is 5.97 Å². The van der Waals surface area contributed by atoms with E-state index < -0.39 is 6.10 Å². The summed E-state index contributed by atoms with van der Waals surface area (Å²) in [6, 6.07) is 0. The number of carbonyl (C=O) groups is 1. The molecular formula is C13H26O3. The zero-order chi connectivity index (χ0) is 12.7. The van der Waals surface area contributed by atoms with Crippen LogP contribution in [-0.4, -0.2) is 23.3 Å². The Morgan fingerprint density at radius 1 is 1.25 bits per heavy atom. The van der Waals surface area contributed by atoms with Crippen molar-refractivity contribution in [2.24, 2.45) is 11.8 Å². The first kappa shape index (κ1) is 15.4. The first-order chi connectivity index (χ1) is 7.43. The van der Waals surface area contributed by atoms with Crippen LogP contribution >= 0.6 is 0 Å². The Hall–Kier alpha value is -0.570. The monoisotopic (exact) mass is 230 g/mol. The number of esters is 1. The fourth-order valence-corrected chi connectivity index (χ4v) is 1.62. The van der Waals surface area contributed by atoms with Crippen LogP contribution in [-0.2, 0) is 9.53 Å². The molecule has 0 saturated carbocycles. The van der Waals surface area contributed by atoms with Crippen molar-refractivity contribution in [2.45, 2.75) is 66.1 Å². The molecule has 0 rings (SSSR count). The summed E-state index contributed by atoms with van der Waals surface area (Å²) in [6.45, 7) is 9.59. The molecule has 16 heavy (non-hydrogen) atoms. The van der Waals surface area contributed by atoms with E-state index in [2.05, 4.69) is 6.92 Å². The molecule has 3 nitrogen and oxygen atoms in total. The van der Waals surface area contributed by atoms with Gasteiger partial charge < -0.3 is 9.84 Å². The van der Waals surface area contributed by atoms with E-state index in [1.54, 1.807) is 0 Å². The van der Waals surface area contributed by atoms with Gasteiger partial charge in [-0.25, -0.2) is 0 Å². The Kier molecular flexibility index (Phi) is 7.39. The van der Waals surface area contributed by atoms with E-state index in [0.29, 0.717) is 6.42 Å². The Balaban J connectivity index is 4.42. The topological polar surface area (TPSA) is 46.5 Å². The summed E-state index contributed by atoms with van der Waals surface area (Å²) >= 11 is 0. The largest absolute Gasteiger partial charge is 0.462 e. The van der Waals surface area contributed by atoms with Crippen molar-refractivity contribution in [3.63, 3.8) is 0 Å². The van der Waals surface area contributed by atoms with Crippen LogP contribution in [0.1, 0.15) is 53.9 Å². The first-order valence-electron chi connectivity index (χ1n) is 6.32. The quantitative estimate of drug-likeness (QED) is 0.684. The van der Waals surface area contributed by atoms with Gasteiger partial charge in [0.05, 0.1) is 12.0 Å². The first-order valence-corrected chi connectivity index (χ1v) is 6.32. The molecule has 0 heterocycles. The molecule has 0 radical (unpaired) electrons. The van der Waals surface area contributed by atoms with Gasteiger partial charge in [0.2, 0.25) is 0 Å². The summed E-state index contributed by atoms with van der Waals surface area (Å²) in [4.78, 5) is 11.5. The molecule has 0 bridgehead atoms. The van der Waals surface area contributed by atoms with E-state index >= 15 is 0 Å². The van der Waals surface area contributed by atoms with Crippen LogP contribution in [0.2, 0.25) is 0 Å². The summed E-state index contributed by atoms with van der Waals surface area (Å²) in [5, 5.41) is 9.78. The predicted octanol–water partition coefficient (Wildman–Crippen LogP) is 2.76. The predicted molar refractivity (Wildman–Crippen MR) is 65.1 cm³/mol. The Morgan fingerprint density at radius 3 is 2.19 bits per heavy atom. The minimum absolute atomic E-state index is 0.00708. The van der Waals surface area contributed by atoms with Gasteiger partial charge in [-0.3, -0.25) is 4.79 Å². The van der Waals surface area contributed by atoms with Crippen LogP contribution in [0.3, 0.4) is 0 Å². The van der Waals surface area contributed by atoms with Gasteiger partial charge in [0.15, 0.2) is 0 Å². The standard InChI is InChI=1S/C13H26O3/c1-6-8-12(10(5)11(14)7-2)16-13(15)9(3)4/h9-12,14H,6-8H2,1-5H3/t10-,11+,12+/m0/s1. The van der Waals surface area contributed by atoms with Gasteiger partial charge in [-0.2, -0.15) is 0 Å². The number of aliphatic hydroxyl groups is 1. The third-order valence-electron chi connectivity index (χ3n) is 2.92. The highest BCUT2D eigenvalue weighted by Crippen LogP contribution is 2.20. The van der Waals surface area contributed by atoms with Gasteiger partial charge in [0.1, 0.15) is 6.10 Å². The van der Waals surface area contributed by atoms with Gasteiger partial charge in [0, 0.05) is 5.92 Å². The maximum Gasteiger partial charge on any atom is 0.308 e. The summed E-state index contributed by atoms with van der Waals surface area (Å²) in [5.74, 6) is -0.272. The third-order valence-corrected chi connectivity index (χ3v) is 2.92. The van der Waals surface area contributed by atoms with Gasteiger partial charge >= 0.3 is 5.97 Å². The van der Waals surface area contributed by atoms with E-state index in [-0.39, 0.29) is 23.9 Å². The molecule has 3 atom stereocenters. The summed E-state index contributed by atoms with van der Waals surface area (Å²) in [5.41, 5.74) is 0. The number of hydrogen-bond donors (Lipinski definition) is 1. The van der Waals surface area contributed by atoms with Gasteiger partial charge in [-0.15, -0.1) is 0 Å². The minimum atomic E-state index is -0.392. The minimum Gasteiger partial charge on any atom is -0.462 e. The average molecular weight is 230 g/mol. The van der Waals surface area contributed by atoms with Crippen LogP contribution in [0.4, 0.5) is 0 Å². The Morgan fingerprint density at radius 2 is 1.81 bits per heavy atom. The summed E-state index contributed by atoms with van der Waals surface area (Å²) in [7, 11) is 0. The lowest BCUT2D eigenvalue weighted by atomic mass is 9.93. The van der Waals surface area contributed by atoms with E-state index in [9.17, 15) is 9.90 Å². The van der Waals surface area contributed by atoms with Crippen molar-refractivity contribution < 1.29 is 14.6 Å². The van der Waals surface area contributed by atoms with Crippen molar-refractivity contribution in [1.29, 1.82) is 0 Å². The lowest BCUT2D eigenvalue weighted by molar-refractivity contribution is -0.158. The highest BCUT2D eigenvalue weighted by molar-refractivity contribution is 5.71. The van der Waals surface area contributed by atoms with Crippen LogP contribution in [0.5, 0.6) is 0 Å². The molecule has 0 aliphatic rings. The number of ether oxygens (including phenoxy) is 1. The van der Waals surface area contributed by atoms with Gasteiger partial charge in [0.25, 0.3) is 0 Å². The van der Waals surface area contributed by atoms with E-state index in [0.717, 1.165) is 12.8 Å². The lowest BCUT2D eigenvalue weighted by Crippen LogP contribution is -2.34. The van der Waals surface area contributed by atoms with Crippen LogP contribution in [0.25, 0.3) is 0 Å². The van der Waals surface area contributed by atoms with Crippen LogP contribution < -0.4 is 0 Å². The smallest absolute Gasteiger partial charge is 0.308 e. The highest BCUT2D eigenvalue weighted by Gasteiger charge is 2.26. The Labute approximate surface area is 99.2 Å². The second kappa shape index (κ2) is 7.66. The second-order valence-electron chi connectivity index (χ2n) is 4.75. The fourth-order valence-electron chi connectivity index (χ4n) is 1.62. The zero-order valence-electron chi connectivity index (χ0n) is 11.2. The SMILES string of the molecule is CCC[C@@H](OC(=O)C(C)C)[C@@H](C)[C@H](O)CC. The molecule has 0 amide bonds. The van der Waals surface area contributed by atoms with Crippen LogP contribution in [0, 0.1) is 11.8 Å². The van der Waals surface area contributed by atoms with E-state index in [1.165, 1.54) is 0 Å². The molecule has 0 aromatic carbocycles. The van der Waals surface area contributed by atoms with Gasteiger partial charge in [-0.05, 0) is 12.8 Å². The summed E-state index contributed by atoms with van der Waals surface area (Å²) < 4.78 is 5.44. The molecule has 0 aliphatic carbocycles. The molecule has 96 valence electrons. The number of rotatable bonds is 7. The third kappa shape index (κ3) is 4.97. The van der Waals surface area contributed by atoms with Crippen molar-refractivity contribution in [3.05, 3.63) is 0 Å². The summed E-state index contributed by atoms with van der Waals surface area (Å²) in [6.07, 6.45) is 1.92. The van der Waals surface area contributed by atoms with Crippen LogP contribution in [0.15, 0.2) is 0 Å². The molecule has 0 fully saturated rings. The number of aliphatic hydroxyl groups excluding tert-OH is 1. The molecule has 0 saturated heterocycles. The molecular weight excluding hydrogens is 204 g/mol. The normalized spacial score (nSPS) is 16.9. The number of hydrogen-bond acceptors (Lipinski definition) is 3. The van der Waals surface area contributed by atoms with E-state index in [4.69, 9.17) is 4.74 Å². The molecule has 0 aromatic rings. The molecule has 0 aromatic heterocycles. The van der Waals surface area contributed by atoms with Crippen molar-refractivity contribution in [2.75, 3.05) is 0 Å². The molecule has 0 spiro atoms. The van der Waals surface area contributed by atoms with Crippen molar-refractivity contribution in [1.82, 2.24) is 0 Å². The van der Waals surface area contributed by atoms with Gasteiger partial charge in [-0.1, -0.05) is 41.0 Å². The van der Waals surface area contributed by atoms with E-state index in [1.807, 2.05) is 27.7 Å². The lowest BCUT2D eigenvalue weighted by Gasteiger charge is -2.27. The maximum atomic E-state index is 11.5. The Bertz CT molecular complexity index is 201. The highest BCUT2D eigenvalue weighted by atomic mass is 16.5. The zero-order valence-corrected chi connectivity index (χ0v) is 11.2.